The molecule has 0 spiro atoms. The molecule has 1 aromatic rings. The van der Waals surface area contributed by atoms with Crippen molar-refractivity contribution in [2.75, 3.05) is 0 Å². The van der Waals surface area contributed by atoms with Gasteiger partial charge < -0.3 is 10.2 Å². The molecule has 1 unspecified atom stereocenters. The normalized spacial score (nSPS) is 9.31. The lowest BCUT2D eigenvalue weighted by molar-refractivity contribution is 0.0697. The highest BCUT2D eigenvalue weighted by atomic mass is 31.0. The Labute approximate surface area is 77.2 Å². The number of carbonyl (C=O) groups excluding carboxylic acids is 1. The van der Waals surface area contributed by atoms with Gasteiger partial charge in [0.15, 0.2) is 0 Å². The molecule has 1 rings (SSSR count). The lowest BCUT2D eigenvalue weighted by atomic mass is 10.1. The summed E-state index contributed by atoms with van der Waals surface area (Å²) in [6, 6.07) is 5.83. The Morgan fingerprint density at radius 2 is 1.92 bits per heavy atom. The minimum Gasteiger partial charge on any atom is -0.478 e. The van der Waals surface area contributed by atoms with Crippen LogP contribution in [0.15, 0.2) is 24.3 Å². The Morgan fingerprint density at radius 3 is 2.46 bits per heavy atom. The highest BCUT2D eigenvalue weighted by Crippen LogP contribution is 2.05. The molecular weight excluding hydrogens is 189 g/mol. The summed E-state index contributed by atoms with van der Waals surface area (Å²) < 4.78 is 0. The van der Waals surface area contributed by atoms with E-state index >= 15 is 0 Å². The summed E-state index contributed by atoms with van der Waals surface area (Å²) in [6.45, 7) is 0. The minimum absolute atomic E-state index is 0.103. The number of rotatable bonds is 2. The molecule has 68 valence electrons. The van der Waals surface area contributed by atoms with E-state index in [2.05, 4.69) is 14.5 Å². The fraction of sp³-hybridized carbons (Fsp3) is 0. The van der Waals surface area contributed by atoms with Gasteiger partial charge in [-0.3, -0.25) is 4.79 Å². The molecule has 0 radical (unpaired) electrons. The Hall–Kier alpha value is -1.41. The number of hydrogen-bond donors (Lipinski definition) is 2. The molecule has 0 aromatic heterocycles. The second-order valence-corrected chi connectivity index (χ2v) is 2.65. The Kier molecular flexibility index (Phi) is 2.98. The first kappa shape index (κ1) is 9.68. The Bertz CT molecular complexity index is 351. The smallest absolute Gasteiger partial charge is 0.335 e. The van der Waals surface area contributed by atoms with Crippen LogP contribution in [0.5, 0.6) is 0 Å². The summed E-state index contributed by atoms with van der Waals surface area (Å²) in [5.74, 6) is -1.37. The van der Waals surface area contributed by atoms with Crippen LogP contribution in [0.4, 0.5) is 0 Å². The third-order valence-corrected chi connectivity index (χ3v) is 1.76. The van der Waals surface area contributed by atoms with Gasteiger partial charge in [-0.2, -0.15) is 0 Å². The number of carboxylic acid groups (broad SMARTS) is 1. The first-order valence-electron chi connectivity index (χ1n) is 3.49. The van der Waals surface area contributed by atoms with Gasteiger partial charge in [0.05, 0.1) is 5.56 Å². The van der Waals surface area contributed by atoms with Gasteiger partial charge in [0.25, 0.3) is 5.91 Å². The second kappa shape index (κ2) is 4.01. The van der Waals surface area contributed by atoms with Crippen LogP contribution in [-0.2, 0) is 0 Å². The zero-order chi connectivity index (χ0) is 9.84. The minimum atomic E-state index is -1.04. The van der Waals surface area contributed by atoms with Crippen molar-refractivity contribution in [3.63, 3.8) is 0 Å². The van der Waals surface area contributed by atoms with E-state index in [0.717, 1.165) is 0 Å². The maximum atomic E-state index is 11.1. The van der Waals surface area contributed by atoms with E-state index in [0.29, 0.717) is 5.56 Å². The van der Waals surface area contributed by atoms with Crippen molar-refractivity contribution in [1.82, 2.24) is 5.09 Å². The van der Waals surface area contributed by atoms with Crippen molar-refractivity contribution in [3.8, 4) is 0 Å². The molecule has 0 aliphatic heterocycles. The molecule has 4 nitrogen and oxygen atoms in total. The summed E-state index contributed by atoms with van der Waals surface area (Å²) in [6.07, 6.45) is 0. The van der Waals surface area contributed by atoms with E-state index in [9.17, 15) is 9.59 Å². The van der Waals surface area contributed by atoms with Crippen molar-refractivity contribution in [2.24, 2.45) is 0 Å². The van der Waals surface area contributed by atoms with Crippen molar-refractivity contribution < 1.29 is 14.7 Å². The van der Waals surface area contributed by atoms with Gasteiger partial charge in [-0.15, -0.1) is 0 Å². The Balaban J connectivity index is 3.05. The van der Waals surface area contributed by atoms with Gasteiger partial charge in [0, 0.05) is 5.56 Å². The molecule has 0 heterocycles. The third kappa shape index (κ3) is 2.26. The molecular formula is C8H8NO3P. The van der Waals surface area contributed by atoms with Crippen molar-refractivity contribution in [3.05, 3.63) is 35.4 Å². The van der Waals surface area contributed by atoms with Gasteiger partial charge in [0.2, 0.25) is 0 Å². The summed E-state index contributed by atoms with van der Waals surface area (Å²) in [5, 5.41) is 11.0. The number of aromatic carboxylic acids is 1. The molecule has 0 saturated heterocycles. The van der Waals surface area contributed by atoms with Crippen LogP contribution in [0.3, 0.4) is 0 Å². The predicted octanol–water partition coefficient (Wildman–Crippen LogP) is 0.905. The monoisotopic (exact) mass is 197 g/mol. The van der Waals surface area contributed by atoms with E-state index in [4.69, 9.17) is 5.11 Å². The maximum Gasteiger partial charge on any atom is 0.335 e. The largest absolute Gasteiger partial charge is 0.478 e. The highest BCUT2D eigenvalue weighted by molar-refractivity contribution is 7.15. The highest BCUT2D eigenvalue weighted by Gasteiger charge is 2.07. The van der Waals surface area contributed by atoms with Gasteiger partial charge in [-0.1, -0.05) is 6.07 Å². The molecule has 1 atom stereocenters. The van der Waals surface area contributed by atoms with Crippen molar-refractivity contribution >= 4 is 21.3 Å². The van der Waals surface area contributed by atoms with Crippen LogP contribution in [0.1, 0.15) is 20.7 Å². The molecule has 1 aromatic carbocycles. The molecule has 13 heavy (non-hydrogen) atoms. The van der Waals surface area contributed by atoms with E-state index in [-0.39, 0.29) is 11.5 Å². The van der Waals surface area contributed by atoms with Gasteiger partial charge >= 0.3 is 5.97 Å². The van der Waals surface area contributed by atoms with E-state index in [1.807, 2.05) is 0 Å². The van der Waals surface area contributed by atoms with Crippen LogP contribution >= 0.6 is 9.39 Å². The number of hydrogen-bond acceptors (Lipinski definition) is 2. The standard InChI is InChI=1S/C8H8NO3P/c10-7(9-13)5-2-1-3-6(4-5)8(11)12/h1-4H,13H2,(H,9,10)(H,11,12). The second-order valence-electron chi connectivity index (χ2n) is 2.36. The number of carboxylic acids is 1. The molecule has 0 bridgehead atoms. The lowest BCUT2D eigenvalue weighted by Gasteiger charge is -1.99. The van der Waals surface area contributed by atoms with Gasteiger partial charge in [-0.05, 0) is 27.6 Å². The SMILES string of the molecule is O=C(O)c1cccc(C(=O)NP)c1. The number of benzene rings is 1. The molecule has 1 amide bonds. The first-order valence-corrected chi connectivity index (χ1v) is 4.07. The lowest BCUT2D eigenvalue weighted by Crippen LogP contribution is -2.12. The number of nitrogens with one attached hydrogen (secondary N) is 1. The van der Waals surface area contributed by atoms with Gasteiger partial charge in [0.1, 0.15) is 0 Å². The fourth-order valence-corrected chi connectivity index (χ4v) is 1.04. The van der Waals surface area contributed by atoms with Crippen LogP contribution in [0.2, 0.25) is 0 Å². The average Bonchev–Trinajstić information content (AvgIpc) is 2.17. The molecule has 2 N–H and O–H groups in total. The van der Waals surface area contributed by atoms with Crippen LogP contribution in [-0.4, -0.2) is 17.0 Å². The Morgan fingerprint density at radius 1 is 1.31 bits per heavy atom. The summed E-state index contributed by atoms with van der Waals surface area (Å²) in [5.41, 5.74) is 0.431. The van der Waals surface area contributed by atoms with E-state index < -0.39 is 5.97 Å². The van der Waals surface area contributed by atoms with Gasteiger partial charge in [-0.25, -0.2) is 4.79 Å². The topological polar surface area (TPSA) is 66.4 Å². The maximum absolute atomic E-state index is 11.1. The average molecular weight is 197 g/mol. The third-order valence-electron chi connectivity index (χ3n) is 1.50. The predicted molar refractivity (Wildman–Crippen MR) is 50.6 cm³/mol. The molecule has 0 aliphatic rings. The van der Waals surface area contributed by atoms with E-state index in [1.54, 1.807) is 6.07 Å². The summed E-state index contributed by atoms with van der Waals surface area (Å²) in [4.78, 5) is 21.6. The number of carbonyl (C=O) groups is 2. The number of amides is 1. The summed E-state index contributed by atoms with van der Waals surface area (Å²) in [7, 11) is 2.06. The molecule has 0 saturated carbocycles. The summed E-state index contributed by atoms with van der Waals surface area (Å²) >= 11 is 0. The van der Waals surface area contributed by atoms with Crippen LogP contribution in [0.25, 0.3) is 0 Å². The van der Waals surface area contributed by atoms with Crippen LogP contribution < -0.4 is 5.09 Å². The molecule has 5 heteroatoms. The van der Waals surface area contributed by atoms with Crippen molar-refractivity contribution in [2.45, 2.75) is 0 Å². The zero-order valence-corrected chi connectivity index (χ0v) is 7.81. The van der Waals surface area contributed by atoms with Crippen LogP contribution in [0, 0.1) is 0 Å². The molecule has 0 aliphatic carbocycles. The van der Waals surface area contributed by atoms with Crippen molar-refractivity contribution in [1.29, 1.82) is 0 Å². The quantitative estimate of drug-likeness (QED) is 0.692. The zero-order valence-electron chi connectivity index (χ0n) is 6.65. The fourth-order valence-electron chi connectivity index (χ4n) is 0.877. The van der Waals surface area contributed by atoms with E-state index in [1.165, 1.54) is 18.2 Å². The molecule has 0 fully saturated rings. The first-order chi connectivity index (χ1) is 6.15.